The molecule has 0 atom stereocenters. The fourth-order valence-electron chi connectivity index (χ4n) is 3.43. The van der Waals surface area contributed by atoms with Crippen LogP contribution in [0.25, 0.3) is 5.57 Å². The standard InChI is InChI=1S/C19H17ClN2/c20-16-5-6-17-15(12-16)4-3-14-2-1-9-22-19(14)18(17)13-7-10-21-11-8-13/h1-2,5-6,9-10,12H,3-4,7-8,11H2. The van der Waals surface area contributed by atoms with Crippen molar-refractivity contribution >= 4 is 23.4 Å². The number of benzene rings is 1. The molecule has 2 aliphatic rings. The van der Waals surface area contributed by atoms with Crippen molar-refractivity contribution in [1.29, 1.82) is 0 Å². The summed E-state index contributed by atoms with van der Waals surface area (Å²) in [7, 11) is 0. The Morgan fingerprint density at radius 3 is 2.77 bits per heavy atom. The van der Waals surface area contributed by atoms with E-state index in [-0.39, 0.29) is 0 Å². The number of aliphatic imine (C=N–C) groups is 1. The zero-order valence-electron chi connectivity index (χ0n) is 12.3. The van der Waals surface area contributed by atoms with Crippen LogP contribution in [0.2, 0.25) is 5.02 Å². The molecule has 1 aromatic heterocycles. The highest BCUT2D eigenvalue weighted by molar-refractivity contribution is 6.30. The van der Waals surface area contributed by atoms with Gasteiger partial charge in [-0.2, -0.15) is 0 Å². The number of rotatable bonds is 0. The van der Waals surface area contributed by atoms with Crippen LogP contribution in [0.5, 0.6) is 0 Å². The molecule has 0 saturated carbocycles. The maximum atomic E-state index is 6.22. The highest BCUT2D eigenvalue weighted by atomic mass is 35.5. The van der Waals surface area contributed by atoms with E-state index in [9.17, 15) is 0 Å². The van der Waals surface area contributed by atoms with Crippen molar-refractivity contribution in [1.82, 2.24) is 4.98 Å². The van der Waals surface area contributed by atoms with Gasteiger partial charge in [0.1, 0.15) is 0 Å². The Labute approximate surface area is 135 Å². The van der Waals surface area contributed by atoms with E-state index >= 15 is 0 Å². The van der Waals surface area contributed by atoms with Crippen LogP contribution in [-0.4, -0.2) is 17.7 Å². The fourth-order valence-corrected chi connectivity index (χ4v) is 3.62. The van der Waals surface area contributed by atoms with Crippen molar-refractivity contribution in [3.05, 3.63) is 69.5 Å². The lowest BCUT2D eigenvalue weighted by Crippen LogP contribution is -2.05. The van der Waals surface area contributed by atoms with Gasteiger partial charge in [0.25, 0.3) is 0 Å². The topological polar surface area (TPSA) is 25.2 Å². The molecule has 0 fully saturated rings. The summed E-state index contributed by atoms with van der Waals surface area (Å²) in [6.07, 6.45) is 7.91. The van der Waals surface area contributed by atoms with Crippen LogP contribution in [0.4, 0.5) is 0 Å². The molecule has 0 spiro atoms. The van der Waals surface area contributed by atoms with Crippen LogP contribution in [0.15, 0.2) is 47.1 Å². The zero-order valence-corrected chi connectivity index (χ0v) is 13.1. The first-order valence-corrected chi connectivity index (χ1v) is 8.14. The maximum absolute atomic E-state index is 6.22. The first kappa shape index (κ1) is 13.7. The molecule has 4 rings (SSSR count). The molecule has 1 aliphatic carbocycles. The summed E-state index contributed by atoms with van der Waals surface area (Å²) in [5.41, 5.74) is 7.86. The summed E-state index contributed by atoms with van der Waals surface area (Å²) in [6.45, 7) is 0.879. The SMILES string of the molecule is Clc1ccc2c(c1)CCc1cccnc1C2=C1CC=NCC1. The van der Waals surface area contributed by atoms with Crippen LogP contribution in [-0.2, 0) is 12.8 Å². The summed E-state index contributed by atoms with van der Waals surface area (Å²) in [5.74, 6) is 0. The number of hydrogen-bond donors (Lipinski definition) is 0. The number of aromatic nitrogens is 1. The summed E-state index contributed by atoms with van der Waals surface area (Å²) in [6, 6.07) is 10.5. The minimum absolute atomic E-state index is 0.812. The summed E-state index contributed by atoms with van der Waals surface area (Å²) in [4.78, 5) is 9.09. The van der Waals surface area contributed by atoms with E-state index in [0.717, 1.165) is 42.9 Å². The monoisotopic (exact) mass is 308 g/mol. The second-order valence-corrected chi connectivity index (χ2v) is 6.27. The van der Waals surface area contributed by atoms with Crippen molar-refractivity contribution in [2.45, 2.75) is 25.7 Å². The predicted octanol–water partition coefficient (Wildman–Crippen LogP) is 4.50. The van der Waals surface area contributed by atoms with Crippen molar-refractivity contribution in [2.24, 2.45) is 4.99 Å². The van der Waals surface area contributed by atoms with Gasteiger partial charge in [0.2, 0.25) is 0 Å². The number of pyridine rings is 1. The molecule has 2 aromatic rings. The van der Waals surface area contributed by atoms with E-state index in [0.29, 0.717) is 0 Å². The number of nitrogens with zero attached hydrogens (tertiary/aromatic N) is 2. The molecular weight excluding hydrogens is 292 g/mol. The predicted molar refractivity (Wildman–Crippen MR) is 91.7 cm³/mol. The average Bonchev–Trinajstić information content (AvgIpc) is 2.72. The Balaban J connectivity index is 2.00. The molecule has 0 bridgehead atoms. The van der Waals surface area contributed by atoms with E-state index in [1.54, 1.807) is 0 Å². The van der Waals surface area contributed by atoms with Gasteiger partial charge >= 0.3 is 0 Å². The molecule has 1 aromatic carbocycles. The van der Waals surface area contributed by atoms with Gasteiger partial charge in [0.15, 0.2) is 0 Å². The molecule has 0 radical (unpaired) electrons. The minimum atomic E-state index is 0.812. The quantitative estimate of drug-likeness (QED) is 0.703. The van der Waals surface area contributed by atoms with Gasteiger partial charge in [0, 0.05) is 36.0 Å². The zero-order chi connectivity index (χ0) is 14.9. The molecule has 2 heterocycles. The van der Waals surface area contributed by atoms with Crippen molar-refractivity contribution < 1.29 is 0 Å². The molecule has 110 valence electrons. The maximum Gasteiger partial charge on any atom is 0.0739 e. The van der Waals surface area contributed by atoms with Gasteiger partial charge < -0.3 is 0 Å². The van der Waals surface area contributed by atoms with Crippen LogP contribution in [0, 0.1) is 0 Å². The Morgan fingerprint density at radius 1 is 1.00 bits per heavy atom. The Morgan fingerprint density at radius 2 is 1.91 bits per heavy atom. The van der Waals surface area contributed by atoms with Crippen LogP contribution in [0.3, 0.4) is 0 Å². The average molecular weight is 309 g/mol. The van der Waals surface area contributed by atoms with Gasteiger partial charge in [-0.1, -0.05) is 29.3 Å². The van der Waals surface area contributed by atoms with E-state index in [2.05, 4.69) is 23.2 Å². The van der Waals surface area contributed by atoms with Gasteiger partial charge in [-0.15, -0.1) is 0 Å². The van der Waals surface area contributed by atoms with Crippen molar-refractivity contribution in [2.75, 3.05) is 6.54 Å². The van der Waals surface area contributed by atoms with E-state index in [4.69, 9.17) is 16.6 Å². The lowest BCUT2D eigenvalue weighted by molar-refractivity contribution is 0.902. The third kappa shape index (κ3) is 2.38. The highest BCUT2D eigenvalue weighted by Gasteiger charge is 2.22. The van der Waals surface area contributed by atoms with Crippen LogP contribution in [0.1, 0.15) is 35.2 Å². The molecule has 0 amide bonds. The largest absolute Gasteiger partial charge is 0.297 e. The van der Waals surface area contributed by atoms with Gasteiger partial charge in [-0.05, 0) is 54.2 Å². The number of halogens is 1. The number of hydrogen-bond acceptors (Lipinski definition) is 2. The lowest BCUT2D eigenvalue weighted by Gasteiger charge is -2.18. The van der Waals surface area contributed by atoms with E-state index in [1.807, 2.05) is 24.5 Å². The molecule has 0 unspecified atom stereocenters. The van der Waals surface area contributed by atoms with Gasteiger partial charge in [-0.25, -0.2) is 0 Å². The molecule has 3 heteroatoms. The van der Waals surface area contributed by atoms with Crippen molar-refractivity contribution in [3.63, 3.8) is 0 Å². The number of fused-ring (bicyclic) bond motifs is 2. The first-order valence-electron chi connectivity index (χ1n) is 7.76. The Hall–Kier alpha value is -1.93. The summed E-state index contributed by atoms with van der Waals surface area (Å²) in [5, 5.41) is 0.812. The normalized spacial score (nSPS) is 20.2. The summed E-state index contributed by atoms with van der Waals surface area (Å²) < 4.78 is 0. The third-order valence-corrected chi connectivity index (χ3v) is 4.73. The van der Waals surface area contributed by atoms with E-state index < -0.39 is 0 Å². The second kappa shape index (κ2) is 5.69. The smallest absolute Gasteiger partial charge is 0.0739 e. The van der Waals surface area contributed by atoms with Gasteiger partial charge in [-0.3, -0.25) is 9.98 Å². The molecule has 0 N–H and O–H groups in total. The second-order valence-electron chi connectivity index (χ2n) is 5.83. The van der Waals surface area contributed by atoms with Crippen LogP contribution < -0.4 is 0 Å². The minimum Gasteiger partial charge on any atom is -0.297 e. The van der Waals surface area contributed by atoms with Crippen LogP contribution >= 0.6 is 11.6 Å². The molecule has 22 heavy (non-hydrogen) atoms. The third-order valence-electron chi connectivity index (χ3n) is 4.49. The lowest BCUT2D eigenvalue weighted by atomic mass is 9.89. The summed E-state index contributed by atoms with van der Waals surface area (Å²) >= 11 is 6.22. The fraction of sp³-hybridized carbons (Fsp3) is 0.263. The van der Waals surface area contributed by atoms with Crippen molar-refractivity contribution in [3.8, 4) is 0 Å². The Bertz CT molecular complexity index is 790. The van der Waals surface area contributed by atoms with Gasteiger partial charge in [0.05, 0.1) is 5.69 Å². The Kier molecular flexibility index (Phi) is 3.55. The molecular formula is C19H17ClN2. The number of aryl methyl sites for hydroxylation is 2. The molecule has 0 saturated heterocycles. The molecule has 1 aliphatic heterocycles. The first-order chi connectivity index (χ1) is 10.8. The molecule has 2 nitrogen and oxygen atoms in total. The van der Waals surface area contributed by atoms with E-state index in [1.165, 1.54) is 27.8 Å². The highest BCUT2D eigenvalue weighted by Crippen LogP contribution is 2.37.